The number of rotatable bonds is 3. The van der Waals surface area contributed by atoms with Crippen LogP contribution in [0.4, 0.5) is 0 Å². The third-order valence-electron chi connectivity index (χ3n) is 4.90. The maximum Gasteiger partial charge on any atom is 0.311 e. The molecule has 4 fully saturated rings. The summed E-state index contributed by atoms with van der Waals surface area (Å²) >= 11 is 0. The molecule has 6 atom stereocenters. The molecule has 100 valence electrons. The average Bonchev–Trinajstić information content (AvgIpc) is 3.26. The van der Waals surface area contributed by atoms with Crippen molar-refractivity contribution in [1.82, 2.24) is 0 Å². The van der Waals surface area contributed by atoms with E-state index in [4.69, 9.17) is 14.2 Å². The molecule has 2 saturated carbocycles. The molecular weight excluding hydrogens is 232 g/mol. The molecule has 4 heteroatoms. The molecule has 0 aromatic carbocycles. The molecule has 4 aliphatic rings. The minimum Gasteiger partial charge on any atom is -0.465 e. The molecule has 18 heavy (non-hydrogen) atoms. The molecule has 6 unspecified atom stereocenters. The Labute approximate surface area is 107 Å². The summed E-state index contributed by atoms with van der Waals surface area (Å²) in [5.41, 5.74) is 0. The number of fused-ring (bicyclic) bond motifs is 2. The van der Waals surface area contributed by atoms with Gasteiger partial charge in [0.2, 0.25) is 0 Å². The summed E-state index contributed by atoms with van der Waals surface area (Å²) < 4.78 is 16.5. The number of hydrogen-bond acceptors (Lipinski definition) is 4. The number of hydrogen-bond donors (Lipinski definition) is 0. The van der Waals surface area contributed by atoms with E-state index in [1.165, 1.54) is 0 Å². The Morgan fingerprint density at radius 3 is 2.89 bits per heavy atom. The lowest BCUT2D eigenvalue weighted by Gasteiger charge is -2.21. The van der Waals surface area contributed by atoms with Crippen molar-refractivity contribution in [3.8, 4) is 0 Å². The highest BCUT2D eigenvalue weighted by Gasteiger charge is 2.51. The van der Waals surface area contributed by atoms with Gasteiger partial charge in [0.05, 0.1) is 36.9 Å². The Morgan fingerprint density at radius 2 is 2.00 bits per heavy atom. The van der Waals surface area contributed by atoms with E-state index in [0.717, 1.165) is 38.5 Å². The standard InChI is InChI=1S/C14H20O4/c15-14(9-2-1-3-11-13(9)18-11)16-7-8-4-5-10-12(6-8)17-10/h8-13H,1-7H2. The molecule has 0 amide bonds. The van der Waals surface area contributed by atoms with E-state index in [-0.39, 0.29) is 18.0 Å². The average molecular weight is 252 g/mol. The van der Waals surface area contributed by atoms with Crippen LogP contribution in [0.15, 0.2) is 0 Å². The summed E-state index contributed by atoms with van der Waals surface area (Å²) in [6.07, 6.45) is 8.04. The van der Waals surface area contributed by atoms with Crippen LogP contribution in [-0.2, 0) is 19.0 Å². The molecule has 0 N–H and O–H groups in total. The van der Waals surface area contributed by atoms with E-state index < -0.39 is 0 Å². The molecule has 2 saturated heterocycles. The van der Waals surface area contributed by atoms with Gasteiger partial charge in [-0.2, -0.15) is 0 Å². The van der Waals surface area contributed by atoms with Crippen molar-refractivity contribution in [1.29, 1.82) is 0 Å². The van der Waals surface area contributed by atoms with Gasteiger partial charge in [0.25, 0.3) is 0 Å². The first-order valence-corrected chi connectivity index (χ1v) is 7.29. The molecule has 4 nitrogen and oxygen atoms in total. The summed E-state index contributed by atoms with van der Waals surface area (Å²) in [4.78, 5) is 12.0. The zero-order chi connectivity index (χ0) is 12.1. The molecule has 0 aromatic heterocycles. The van der Waals surface area contributed by atoms with Crippen LogP contribution in [0.1, 0.15) is 38.5 Å². The van der Waals surface area contributed by atoms with Crippen LogP contribution in [0.25, 0.3) is 0 Å². The van der Waals surface area contributed by atoms with Crippen LogP contribution >= 0.6 is 0 Å². The molecule has 0 radical (unpaired) electrons. The largest absolute Gasteiger partial charge is 0.465 e. The van der Waals surface area contributed by atoms with Gasteiger partial charge in [-0.15, -0.1) is 0 Å². The minimum atomic E-state index is -0.0268. The predicted octanol–water partition coefficient (Wildman–Crippen LogP) is 1.66. The van der Waals surface area contributed by atoms with Gasteiger partial charge >= 0.3 is 5.97 Å². The van der Waals surface area contributed by atoms with Gasteiger partial charge in [0.15, 0.2) is 0 Å². The van der Waals surface area contributed by atoms with Crippen molar-refractivity contribution in [3.63, 3.8) is 0 Å². The zero-order valence-electron chi connectivity index (χ0n) is 10.5. The van der Waals surface area contributed by atoms with Crippen LogP contribution in [0.2, 0.25) is 0 Å². The Balaban J connectivity index is 1.25. The quantitative estimate of drug-likeness (QED) is 0.566. The number of epoxide rings is 2. The lowest BCUT2D eigenvalue weighted by atomic mass is 9.88. The summed E-state index contributed by atoms with van der Waals surface area (Å²) in [6, 6.07) is 0. The third-order valence-corrected chi connectivity index (χ3v) is 4.90. The van der Waals surface area contributed by atoms with E-state index in [9.17, 15) is 4.79 Å². The summed E-state index contributed by atoms with van der Waals surface area (Å²) in [5, 5.41) is 0. The Morgan fingerprint density at radius 1 is 1.06 bits per heavy atom. The molecule has 0 aromatic rings. The van der Waals surface area contributed by atoms with Crippen molar-refractivity contribution < 1.29 is 19.0 Å². The number of esters is 1. The first-order valence-electron chi connectivity index (χ1n) is 7.29. The Kier molecular flexibility index (Phi) is 2.62. The normalized spacial score (nSPS) is 48.9. The fourth-order valence-corrected chi connectivity index (χ4v) is 3.64. The van der Waals surface area contributed by atoms with Crippen molar-refractivity contribution >= 4 is 5.97 Å². The van der Waals surface area contributed by atoms with Crippen molar-refractivity contribution in [2.45, 2.75) is 62.9 Å². The van der Waals surface area contributed by atoms with Crippen molar-refractivity contribution in [2.75, 3.05) is 6.61 Å². The second-order valence-corrected chi connectivity index (χ2v) is 6.20. The zero-order valence-corrected chi connectivity index (χ0v) is 10.5. The van der Waals surface area contributed by atoms with Crippen molar-refractivity contribution in [3.05, 3.63) is 0 Å². The van der Waals surface area contributed by atoms with Gasteiger partial charge < -0.3 is 14.2 Å². The smallest absolute Gasteiger partial charge is 0.311 e. The second kappa shape index (κ2) is 4.20. The summed E-state index contributed by atoms with van der Waals surface area (Å²) in [6.45, 7) is 0.583. The van der Waals surface area contributed by atoms with Crippen LogP contribution in [0, 0.1) is 11.8 Å². The molecule has 2 aliphatic carbocycles. The van der Waals surface area contributed by atoms with Gasteiger partial charge in [0, 0.05) is 0 Å². The van der Waals surface area contributed by atoms with E-state index in [0.29, 0.717) is 30.8 Å². The predicted molar refractivity (Wildman–Crippen MR) is 63.0 cm³/mol. The number of carbonyl (C=O) groups is 1. The van der Waals surface area contributed by atoms with Gasteiger partial charge in [-0.05, 0) is 44.4 Å². The van der Waals surface area contributed by atoms with E-state index >= 15 is 0 Å². The number of carbonyl (C=O) groups excluding carboxylic acids is 1. The molecular formula is C14H20O4. The summed E-state index contributed by atoms with van der Waals surface area (Å²) in [7, 11) is 0. The fourth-order valence-electron chi connectivity index (χ4n) is 3.64. The first kappa shape index (κ1) is 11.2. The Bertz CT molecular complexity index is 356. The maximum atomic E-state index is 12.0. The minimum absolute atomic E-state index is 0.0114. The van der Waals surface area contributed by atoms with Crippen LogP contribution in [0.5, 0.6) is 0 Å². The summed E-state index contributed by atoms with van der Waals surface area (Å²) in [5.74, 6) is 0.496. The SMILES string of the molecule is O=C(OCC1CCC2OC2C1)C1CCCC2OC21. The molecule has 0 spiro atoms. The van der Waals surface area contributed by atoms with Gasteiger partial charge in [-0.3, -0.25) is 4.79 Å². The maximum absolute atomic E-state index is 12.0. The van der Waals surface area contributed by atoms with Crippen LogP contribution in [-0.4, -0.2) is 37.0 Å². The number of ether oxygens (including phenoxy) is 3. The Hall–Kier alpha value is -0.610. The van der Waals surface area contributed by atoms with Crippen LogP contribution in [0.3, 0.4) is 0 Å². The van der Waals surface area contributed by atoms with Gasteiger partial charge in [0.1, 0.15) is 0 Å². The highest BCUT2D eigenvalue weighted by molar-refractivity contribution is 5.74. The van der Waals surface area contributed by atoms with E-state index in [1.807, 2.05) is 0 Å². The lowest BCUT2D eigenvalue weighted by molar-refractivity contribution is -0.151. The molecule has 4 rings (SSSR count). The van der Waals surface area contributed by atoms with Crippen LogP contribution < -0.4 is 0 Å². The fraction of sp³-hybridized carbons (Fsp3) is 0.929. The van der Waals surface area contributed by atoms with E-state index in [2.05, 4.69) is 0 Å². The highest BCUT2D eigenvalue weighted by atomic mass is 16.6. The third kappa shape index (κ3) is 2.05. The topological polar surface area (TPSA) is 51.4 Å². The molecule has 2 heterocycles. The highest BCUT2D eigenvalue weighted by Crippen LogP contribution is 2.42. The molecule has 0 bridgehead atoms. The monoisotopic (exact) mass is 252 g/mol. The van der Waals surface area contributed by atoms with Gasteiger partial charge in [-0.1, -0.05) is 0 Å². The van der Waals surface area contributed by atoms with Gasteiger partial charge in [-0.25, -0.2) is 0 Å². The second-order valence-electron chi connectivity index (χ2n) is 6.20. The first-order chi connectivity index (χ1) is 8.81. The van der Waals surface area contributed by atoms with Crippen molar-refractivity contribution in [2.24, 2.45) is 11.8 Å². The van der Waals surface area contributed by atoms with E-state index in [1.54, 1.807) is 0 Å². The lowest BCUT2D eigenvalue weighted by Crippen LogP contribution is -2.29. The molecule has 2 aliphatic heterocycles.